The van der Waals surface area contributed by atoms with E-state index in [0.29, 0.717) is 26.2 Å². The zero-order valence-electron chi connectivity index (χ0n) is 12.1. The molecule has 110 valence electrons. The number of hydrogen-bond donors (Lipinski definition) is 1. The largest absolute Gasteiger partial charge is 0.389 e. The first-order valence-electron chi connectivity index (χ1n) is 6.86. The minimum absolute atomic E-state index is 0.0738. The first-order valence-corrected chi connectivity index (χ1v) is 6.86. The first-order chi connectivity index (χ1) is 9.60. The van der Waals surface area contributed by atoms with Crippen LogP contribution in [0.2, 0.25) is 0 Å². The summed E-state index contributed by atoms with van der Waals surface area (Å²) < 4.78 is 4.90. The van der Waals surface area contributed by atoms with E-state index in [1.165, 1.54) is 5.56 Å². The lowest BCUT2D eigenvalue weighted by atomic mass is 10.2. The van der Waals surface area contributed by atoms with Gasteiger partial charge in [0.15, 0.2) is 0 Å². The molecule has 1 aromatic carbocycles. The maximum Gasteiger partial charge on any atom is 0.241 e. The third kappa shape index (κ3) is 3.79. The molecule has 0 aromatic heterocycles. The fourth-order valence-electron chi connectivity index (χ4n) is 2.42. The summed E-state index contributed by atoms with van der Waals surface area (Å²) in [5.74, 6) is 0.0738. The zero-order chi connectivity index (χ0) is 14.5. The Kier molecular flexibility index (Phi) is 5.11. The number of ether oxygens (including phenoxy) is 1. The van der Waals surface area contributed by atoms with Gasteiger partial charge in [-0.1, -0.05) is 17.7 Å². The Bertz CT molecular complexity index is 447. The number of amides is 1. The highest BCUT2D eigenvalue weighted by Gasteiger charge is 2.26. The first kappa shape index (κ1) is 15.0. The van der Waals surface area contributed by atoms with Crippen molar-refractivity contribution >= 4 is 11.6 Å². The summed E-state index contributed by atoms with van der Waals surface area (Å²) in [6.45, 7) is 4.56. The number of carbonyl (C=O) groups excluding carboxylic acids is 1. The highest BCUT2D eigenvalue weighted by molar-refractivity contribution is 5.95. The van der Waals surface area contributed by atoms with E-state index in [1.807, 2.05) is 36.1 Å². The Morgan fingerprint density at radius 2 is 2.00 bits per heavy atom. The van der Waals surface area contributed by atoms with E-state index in [4.69, 9.17) is 4.74 Å². The molecule has 20 heavy (non-hydrogen) atoms. The van der Waals surface area contributed by atoms with Crippen LogP contribution in [0.25, 0.3) is 0 Å². The quantitative estimate of drug-likeness (QED) is 0.859. The number of anilines is 1. The molecule has 1 atom stereocenters. The van der Waals surface area contributed by atoms with Crippen molar-refractivity contribution in [3.8, 4) is 0 Å². The Morgan fingerprint density at radius 3 is 2.60 bits per heavy atom. The van der Waals surface area contributed by atoms with Crippen molar-refractivity contribution in [1.29, 1.82) is 0 Å². The molecule has 1 N–H and O–H groups in total. The lowest BCUT2D eigenvalue weighted by molar-refractivity contribution is -0.121. The van der Waals surface area contributed by atoms with Crippen LogP contribution in [0.4, 0.5) is 5.69 Å². The third-order valence-electron chi connectivity index (χ3n) is 3.47. The van der Waals surface area contributed by atoms with Crippen LogP contribution in [-0.2, 0) is 9.53 Å². The smallest absolute Gasteiger partial charge is 0.241 e. The molecule has 1 amide bonds. The molecule has 1 heterocycles. The van der Waals surface area contributed by atoms with Gasteiger partial charge < -0.3 is 14.7 Å². The molecule has 1 aliphatic rings. The van der Waals surface area contributed by atoms with Crippen LogP contribution in [0.1, 0.15) is 5.56 Å². The van der Waals surface area contributed by atoms with Gasteiger partial charge in [0.05, 0.1) is 19.3 Å². The summed E-state index contributed by atoms with van der Waals surface area (Å²) in [5, 5.41) is 9.71. The Labute approximate surface area is 119 Å². The van der Waals surface area contributed by atoms with Crippen molar-refractivity contribution in [3.63, 3.8) is 0 Å². The number of aliphatic hydroxyl groups excluding tert-OH is 1. The molecule has 0 saturated carbocycles. The van der Waals surface area contributed by atoms with Gasteiger partial charge in [0, 0.05) is 32.4 Å². The molecule has 0 radical (unpaired) electrons. The highest BCUT2D eigenvalue weighted by atomic mass is 16.5. The number of piperazine rings is 1. The molecular weight excluding hydrogens is 256 g/mol. The van der Waals surface area contributed by atoms with Gasteiger partial charge in [-0.05, 0) is 19.1 Å². The van der Waals surface area contributed by atoms with Crippen LogP contribution in [-0.4, -0.2) is 61.9 Å². The summed E-state index contributed by atoms with van der Waals surface area (Å²) in [4.78, 5) is 16.0. The monoisotopic (exact) mass is 278 g/mol. The van der Waals surface area contributed by atoms with E-state index in [2.05, 4.69) is 0 Å². The van der Waals surface area contributed by atoms with Gasteiger partial charge in [0.1, 0.15) is 0 Å². The van der Waals surface area contributed by atoms with E-state index in [-0.39, 0.29) is 5.91 Å². The predicted octanol–water partition coefficient (Wildman–Crippen LogP) is 0.651. The van der Waals surface area contributed by atoms with E-state index in [0.717, 1.165) is 12.2 Å². The molecule has 1 aliphatic heterocycles. The van der Waals surface area contributed by atoms with E-state index >= 15 is 0 Å². The van der Waals surface area contributed by atoms with Crippen LogP contribution in [0.5, 0.6) is 0 Å². The number of nitrogens with zero attached hydrogens (tertiary/aromatic N) is 2. The molecule has 2 rings (SSSR count). The standard InChI is InChI=1S/C15H22N2O3/c1-12-3-5-13(6-4-12)17-8-7-16(10-15(17)19)9-14(18)11-20-2/h3-6,14,18H,7-11H2,1-2H3/t14-/m0/s1. The molecule has 0 aliphatic carbocycles. The zero-order valence-corrected chi connectivity index (χ0v) is 12.1. The second kappa shape index (κ2) is 6.83. The topological polar surface area (TPSA) is 53.0 Å². The fourth-order valence-corrected chi connectivity index (χ4v) is 2.42. The van der Waals surface area contributed by atoms with Gasteiger partial charge in [-0.25, -0.2) is 0 Å². The van der Waals surface area contributed by atoms with Gasteiger partial charge in [-0.3, -0.25) is 9.69 Å². The number of benzene rings is 1. The van der Waals surface area contributed by atoms with Crippen LogP contribution in [0.15, 0.2) is 24.3 Å². The molecular formula is C15H22N2O3. The average molecular weight is 278 g/mol. The van der Waals surface area contributed by atoms with Crippen LogP contribution in [0.3, 0.4) is 0 Å². The summed E-state index contributed by atoms with van der Waals surface area (Å²) >= 11 is 0. The van der Waals surface area contributed by atoms with Gasteiger partial charge in [-0.2, -0.15) is 0 Å². The van der Waals surface area contributed by atoms with Gasteiger partial charge in [0.2, 0.25) is 5.91 Å². The van der Waals surface area contributed by atoms with Gasteiger partial charge in [0.25, 0.3) is 0 Å². The van der Waals surface area contributed by atoms with Crippen molar-refractivity contribution in [2.45, 2.75) is 13.0 Å². The summed E-state index contributed by atoms with van der Waals surface area (Å²) in [5.41, 5.74) is 2.13. The van der Waals surface area contributed by atoms with Gasteiger partial charge >= 0.3 is 0 Å². The molecule has 1 saturated heterocycles. The lowest BCUT2D eigenvalue weighted by Gasteiger charge is -2.35. The number of carbonyl (C=O) groups is 1. The second-order valence-corrected chi connectivity index (χ2v) is 5.23. The summed E-state index contributed by atoms with van der Waals surface area (Å²) in [6.07, 6.45) is -0.543. The number of methoxy groups -OCH3 is 1. The molecule has 1 fully saturated rings. The second-order valence-electron chi connectivity index (χ2n) is 5.23. The summed E-state index contributed by atoms with van der Waals surface area (Å²) in [6, 6.07) is 7.97. The van der Waals surface area contributed by atoms with E-state index < -0.39 is 6.10 Å². The average Bonchev–Trinajstić information content (AvgIpc) is 2.40. The molecule has 0 spiro atoms. The van der Waals surface area contributed by atoms with E-state index in [9.17, 15) is 9.90 Å². The van der Waals surface area contributed by atoms with Gasteiger partial charge in [-0.15, -0.1) is 0 Å². The Balaban J connectivity index is 1.92. The normalized spacial score (nSPS) is 18.4. The summed E-state index contributed by atoms with van der Waals surface area (Å²) in [7, 11) is 1.56. The Morgan fingerprint density at radius 1 is 1.30 bits per heavy atom. The van der Waals surface area contributed by atoms with Crippen LogP contribution in [0, 0.1) is 6.92 Å². The number of β-amino-alcohol motifs (C(OH)–C–C–N with tert-alkyl or cyclic N) is 1. The maximum absolute atomic E-state index is 12.2. The van der Waals surface area contributed by atoms with Crippen molar-refractivity contribution < 1.29 is 14.6 Å². The third-order valence-corrected chi connectivity index (χ3v) is 3.47. The molecule has 1 aromatic rings. The lowest BCUT2D eigenvalue weighted by Crippen LogP contribution is -2.52. The molecule has 5 heteroatoms. The minimum Gasteiger partial charge on any atom is -0.389 e. The highest BCUT2D eigenvalue weighted by Crippen LogP contribution is 2.18. The predicted molar refractivity (Wildman–Crippen MR) is 77.9 cm³/mol. The SMILES string of the molecule is COC[C@@H](O)CN1CCN(c2ccc(C)cc2)C(=O)C1. The number of aliphatic hydroxyl groups is 1. The molecule has 0 unspecified atom stereocenters. The fraction of sp³-hybridized carbons (Fsp3) is 0.533. The number of hydrogen-bond acceptors (Lipinski definition) is 4. The minimum atomic E-state index is -0.543. The number of aryl methyl sites for hydroxylation is 1. The number of rotatable bonds is 5. The van der Waals surface area contributed by atoms with Crippen molar-refractivity contribution in [3.05, 3.63) is 29.8 Å². The Hall–Kier alpha value is -1.43. The van der Waals surface area contributed by atoms with Crippen molar-refractivity contribution in [2.75, 3.05) is 44.8 Å². The maximum atomic E-state index is 12.2. The van der Waals surface area contributed by atoms with Crippen LogP contribution < -0.4 is 4.90 Å². The van der Waals surface area contributed by atoms with E-state index in [1.54, 1.807) is 12.0 Å². The van der Waals surface area contributed by atoms with Crippen molar-refractivity contribution in [2.24, 2.45) is 0 Å². The molecule has 5 nitrogen and oxygen atoms in total. The molecule has 0 bridgehead atoms. The van der Waals surface area contributed by atoms with Crippen LogP contribution >= 0.6 is 0 Å². The van der Waals surface area contributed by atoms with Crippen molar-refractivity contribution in [1.82, 2.24) is 4.90 Å².